The van der Waals surface area contributed by atoms with Crippen molar-refractivity contribution in [1.29, 1.82) is 0 Å². The summed E-state index contributed by atoms with van der Waals surface area (Å²) in [6.45, 7) is 3.68. The molecule has 0 aliphatic rings. The highest BCUT2D eigenvalue weighted by Gasteiger charge is 2.33. The van der Waals surface area contributed by atoms with Gasteiger partial charge in [0.25, 0.3) is 10.0 Å². The van der Waals surface area contributed by atoms with E-state index in [0.717, 1.165) is 35.3 Å². The van der Waals surface area contributed by atoms with Crippen molar-refractivity contribution in [2.45, 2.75) is 37.8 Å². The Balaban J connectivity index is 0.000000321. The van der Waals surface area contributed by atoms with Crippen LogP contribution in [0.4, 0.5) is 18.9 Å². The molecule has 0 heterocycles. The van der Waals surface area contributed by atoms with Gasteiger partial charge in [0, 0.05) is 12.6 Å². The summed E-state index contributed by atoms with van der Waals surface area (Å²) in [6.07, 6.45) is -2.45. The first-order valence-electron chi connectivity index (χ1n) is 10.3. The Morgan fingerprint density at radius 2 is 1.45 bits per heavy atom. The van der Waals surface area contributed by atoms with Crippen LogP contribution >= 0.6 is 0 Å². The molecule has 5 nitrogen and oxygen atoms in total. The van der Waals surface area contributed by atoms with E-state index in [1.807, 2.05) is 18.2 Å². The molecule has 9 heteroatoms. The predicted octanol–water partition coefficient (Wildman–Crippen LogP) is 5.97. The number of hydrogen-bond donors (Lipinski definition) is 2. The maximum atomic E-state index is 12.8. The number of phenolic OH excluding ortho intramolecular Hbond substituents is 2. The fourth-order valence-corrected chi connectivity index (χ4v) is 4.61. The van der Waals surface area contributed by atoms with Gasteiger partial charge in [-0.2, -0.15) is 13.2 Å². The molecule has 0 amide bonds. The minimum atomic E-state index is -4.63. The van der Waals surface area contributed by atoms with Gasteiger partial charge < -0.3 is 10.2 Å². The molecule has 0 saturated heterocycles. The van der Waals surface area contributed by atoms with Gasteiger partial charge in [-0.15, -0.1) is 0 Å². The van der Waals surface area contributed by atoms with E-state index >= 15 is 0 Å². The van der Waals surface area contributed by atoms with Crippen LogP contribution in [0.1, 0.15) is 31.4 Å². The molecule has 0 spiro atoms. The molecule has 0 saturated carbocycles. The fourth-order valence-electron chi connectivity index (χ4n) is 3.10. The Bertz CT molecular complexity index is 1160. The highest BCUT2D eigenvalue weighted by Crippen LogP contribution is 2.32. The zero-order valence-electron chi connectivity index (χ0n) is 18.2. The van der Waals surface area contributed by atoms with Crippen molar-refractivity contribution in [3.63, 3.8) is 0 Å². The molecule has 3 aromatic carbocycles. The largest absolute Gasteiger partial charge is 0.508 e. The van der Waals surface area contributed by atoms with Gasteiger partial charge >= 0.3 is 6.18 Å². The van der Waals surface area contributed by atoms with Crippen molar-refractivity contribution in [1.82, 2.24) is 0 Å². The van der Waals surface area contributed by atoms with Crippen LogP contribution in [0.3, 0.4) is 0 Å². The molecule has 0 atom stereocenters. The van der Waals surface area contributed by atoms with Crippen LogP contribution in [-0.2, 0) is 22.6 Å². The smallest absolute Gasteiger partial charge is 0.416 e. The molecule has 0 unspecified atom stereocenters. The number of hydrogen-bond acceptors (Lipinski definition) is 4. The van der Waals surface area contributed by atoms with Crippen LogP contribution in [0.2, 0.25) is 0 Å². The van der Waals surface area contributed by atoms with E-state index in [9.17, 15) is 26.7 Å². The lowest BCUT2D eigenvalue weighted by Gasteiger charge is -2.23. The van der Waals surface area contributed by atoms with E-state index in [-0.39, 0.29) is 18.0 Å². The molecule has 33 heavy (non-hydrogen) atoms. The topological polar surface area (TPSA) is 77.8 Å². The van der Waals surface area contributed by atoms with Gasteiger partial charge in [-0.05, 0) is 61.4 Å². The van der Waals surface area contributed by atoms with Crippen molar-refractivity contribution >= 4 is 15.7 Å². The fraction of sp³-hybridized carbons (Fsp3) is 0.250. The number of nitrogens with zero attached hydrogens (tertiary/aromatic N) is 1. The lowest BCUT2D eigenvalue weighted by molar-refractivity contribution is -0.137. The van der Waals surface area contributed by atoms with Crippen molar-refractivity contribution in [3.05, 3.63) is 83.9 Å². The Labute approximate surface area is 191 Å². The lowest BCUT2D eigenvalue weighted by Crippen LogP contribution is -2.30. The molecule has 0 aromatic heterocycles. The van der Waals surface area contributed by atoms with Crippen LogP contribution in [0.15, 0.2) is 77.7 Å². The average molecular weight is 482 g/mol. The first kappa shape index (κ1) is 26.1. The van der Waals surface area contributed by atoms with E-state index < -0.39 is 26.7 Å². The second-order valence-electron chi connectivity index (χ2n) is 7.14. The Morgan fingerprint density at radius 3 is 2.00 bits per heavy atom. The molecule has 3 rings (SSSR count). The lowest BCUT2D eigenvalue weighted by atomic mass is 10.1. The number of anilines is 1. The minimum Gasteiger partial charge on any atom is -0.508 e. The molecule has 0 aliphatic heterocycles. The number of rotatable bonds is 6. The Kier molecular flexibility index (Phi) is 8.76. The molecule has 0 fully saturated rings. The van der Waals surface area contributed by atoms with E-state index in [1.54, 1.807) is 13.0 Å². The summed E-state index contributed by atoms with van der Waals surface area (Å²) in [7, 11) is -4.18. The van der Waals surface area contributed by atoms with Crippen molar-refractivity contribution < 1.29 is 31.8 Å². The van der Waals surface area contributed by atoms with E-state index in [4.69, 9.17) is 5.11 Å². The maximum absolute atomic E-state index is 12.8. The second-order valence-corrected chi connectivity index (χ2v) is 9.00. The zero-order valence-corrected chi connectivity index (χ0v) is 19.1. The average Bonchev–Trinajstić information content (AvgIpc) is 2.74. The summed E-state index contributed by atoms with van der Waals surface area (Å²) in [5.41, 5.74) is 0.345. The molecule has 3 aromatic rings. The molecule has 178 valence electrons. The zero-order chi connectivity index (χ0) is 24.6. The SMILES string of the molecule is CCCc1cccc(O)c1.CCN(c1cccc(O)c1)S(=O)(=O)c1cccc(C(F)(F)F)c1. The number of aromatic hydroxyl groups is 2. The summed E-state index contributed by atoms with van der Waals surface area (Å²) in [4.78, 5) is -0.461. The summed E-state index contributed by atoms with van der Waals surface area (Å²) in [5, 5.41) is 18.5. The van der Waals surface area contributed by atoms with Gasteiger partial charge in [-0.25, -0.2) is 8.42 Å². The standard InChI is InChI=1S/C15H14F3NO3S.C9H12O/c1-2-19(12-6-4-7-13(20)10-12)23(21,22)14-8-3-5-11(9-14)15(16,17)18;1-2-4-8-5-3-6-9(10)7-8/h3-10,20H,2H2,1H3;3,5-7,10H,2,4H2,1H3. The van der Waals surface area contributed by atoms with Crippen molar-refractivity contribution in [3.8, 4) is 11.5 Å². The number of halogens is 3. The normalized spacial score (nSPS) is 11.4. The van der Waals surface area contributed by atoms with Crippen LogP contribution in [0, 0.1) is 0 Å². The molecular formula is C24H26F3NO4S. The first-order valence-corrected chi connectivity index (χ1v) is 11.7. The molecule has 0 aliphatic carbocycles. The highest BCUT2D eigenvalue weighted by atomic mass is 32.2. The summed E-state index contributed by atoms with van der Waals surface area (Å²) in [5.74, 6) is 0.228. The third kappa shape index (κ3) is 7.15. The van der Waals surface area contributed by atoms with Crippen LogP contribution < -0.4 is 4.31 Å². The molecule has 2 N–H and O–H groups in total. The number of aryl methyl sites for hydroxylation is 1. The quantitative estimate of drug-likeness (QED) is 0.455. The number of phenols is 2. The number of sulfonamides is 1. The van der Waals surface area contributed by atoms with Gasteiger partial charge in [0.1, 0.15) is 11.5 Å². The monoisotopic (exact) mass is 481 g/mol. The summed E-state index contributed by atoms with van der Waals surface area (Å²) < 4.78 is 64.5. The summed E-state index contributed by atoms with van der Waals surface area (Å²) in [6, 6.07) is 16.5. The predicted molar refractivity (Wildman–Crippen MR) is 122 cm³/mol. The number of benzene rings is 3. The third-order valence-electron chi connectivity index (χ3n) is 4.60. The van der Waals surface area contributed by atoms with E-state index in [0.29, 0.717) is 11.8 Å². The van der Waals surface area contributed by atoms with Gasteiger partial charge in [0.15, 0.2) is 0 Å². The van der Waals surface area contributed by atoms with E-state index in [1.165, 1.54) is 29.8 Å². The maximum Gasteiger partial charge on any atom is 0.416 e. The first-order chi connectivity index (χ1) is 15.5. The third-order valence-corrected chi connectivity index (χ3v) is 6.50. The van der Waals surface area contributed by atoms with E-state index in [2.05, 4.69) is 6.92 Å². The molecule has 0 bridgehead atoms. The van der Waals surface area contributed by atoms with Gasteiger partial charge in [-0.3, -0.25) is 4.31 Å². The Hall–Kier alpha value is -3.20. The molecular weight excluding hydrogens is 455 g/mol. The highest BCUT2D eigenvalue weighted by molar-refractivity contribution is 7.92. The number of alkyl halides is 3. The van der Waals surface area contributed by atoms with Gasteiger partial charge in [0.05, 0.1) is 16.1 Å². The van der Waals surface area contributed by atoms with Gasteiger partial charge in [-0.1, -0.05) is 37.6 Å². The Morgan fingerprint density at radius 1 is 0.848 bits per heavy atom. The van der Waals surface area contributed by atoms with Crippen molar-refractivity contribution in [2.24, 2.45) is 0 Å². The van der Waals surface area contributed by atoms with Crippen molar-refractivity contribution in [2.75, 3.05) is 10.8 Å². The molecule has 0 radical (unpaired) electrons. The van der Waals surface area contributed by atoms with Crippen LogP contribution in [0.5, 0.6) is 11.5 Å². The van der Waals surface area contributed by atoms with Crippen LogP contribution in [-0.4, -0.2) is 25.2 Å². The van der Waals surface area contributed by atoms with Crippen LogP contribution in [0.25, 0.3) is 0 Å². The van der Waals surface area contributed by atoms with Gasteiger partial charge in [0.2, 0.25) is 0 Å². The minimum absolute atomic E-state index is 0.00202. The second kappa shape index (κ2) is 11.1. The summed E-state index contributed by atoms with van der Waals surface area (Å²) >= 11 is 0.